The molecule has 1 heterocycles. The Morgan fingerprint density at radius 1 is 1.12 bits per heavy atom. The van der Waals surface area contributed by atoms with Crippen molar-refractivity contribution in [1.82, 2.24) is 0 Å². The van der Waals surface area contributed by atoms with Crippen molar-refractivity contribution < 1.29 is 4.74 Å². The van der Waals surface area contributed by atoms with Crippen LogP contribution in [0.1, 0.15) is 17.0 Å². The number of nitrogens with two attached hydrogens (primary N) is 1. The number of benzene rings is 2. The largest absolute Gasteiger partial charge is 0.489 e. The average molecular weight is 360 g/mol. The van der Waals surface area contributed by atoms with Crippen LogP contribution in [0.3, 0.4) is 0 Å². The maximum Gasteiger partial charge on any atom is 0.120 e. The summed E-state index contributed by atoms with van der Waals surface area (Å²) in [5.41, 5.74) is 8.06. The van der Waals surface area contributed by atoms with Crippen molar-refractivity contribution in [3.8, 4) is 17.9 Å². The number of nitrogens with zero attached hydrogens (tertiary/aromatic N) is 2. The van der Waals surface area contributed by atoms with Gasteiger partial charge in [-0.25, -0.2) is 0 Å². The van der Waals surface area contributed by atoms with Crippen LogP contribution in [0.2, 0.25) is 0 Å². The Morgan fingerprint density at radius 2 is 1.88 bits per heavy atom. The first-order chi connectivity index (χ1) is 12.6. The van der Waals surface area contributed by atoms with Crippen molar-refractivity contribution in [1.29, 1.82) is 15.9 Å². The van der Waals surface area contributed by atoms with Crippen LogP contribution in [-0.4, -0.2) is 5.04 Å². The van der Waals surface area contributed by atoms with Gasteiger partial charge in [-0.2, -0.15) is 10.5 Å². The van der Waals surface area contributed by atoms with Gasteiger partial charge in [-0.1, -0.05) is 54.2 Å². The molecule has 0 spiro atoms. The monoisotopic (exact) mass is 360 g/mol. The lowest BCUT2D eigenvalue weighted by Gasteiger charge is -2.28. The van der Waals surface area contributed by atoms with Crippen LogP contribution in [0, 0.1) is 34.0 Å². The molecule has 0 saturated heterocycles. The molecule has 0 aliphatic carbocycles. The number of allylic oxidation sites excluding steroid dienone is 1. The number of rotatable bonds is 4. The molecule has 2 aromatic rings. The Hall–Kier alpha value is -3.22. The molecule has 0 amide bonds. The molecule has 0 saturated carbocycles. The zero-order valence-corrected chi connectivity index (χ0v) is 14.7. The lowest BCUT2D eigenvalue weighted by molar-refractivity contribution is 0.306. The minimum Gasteiger partial charge on any atom is -0.489 e. The van der Waals surface area contributed by atoms with Crippen LogP contribution < -0.4 is 10.5 Å². The first kappa shape index (κ1) is 17.6. The molecule has 0 aromatic heterocycles. The molecule has 3 rings (SSSR count). The number of hydrogen-bond donors (Lipinski definition) is 2. The Morgan fingerprint density at radius 3 is 2.58 bits per heavy atom. The highest BCUT2D eigenvalue weighted by Gasteiger charge is 2.37. The smallest absolute Gasteiger partial charge is 0.120 e. The molecular weight excluding hydrogens is 344 g/mol. The van der Waals surface area contributed by atoms with Gasteiger partial charge < -0.3 is 10.5 Å². The molecule has 6 heteroatoms. The van der Waals surface area contributed by atoms with E-state index in [9.17, 15) is 10.5 Å². The molecule has 3 N–H and O–H groups in total. The van der Waals surface area contributed by atoms with E-state index in [1.54, 1.807) is 0 Å². The lowest BCUT2D eigenvalue weighted by Crippen LogP contribution is -2.26. The number of nitrogens with one attached hydrogen (secondary N) is 1. The van der Waals surface area contributed by atoms with Gasteiger partial charge in [-0.05, 0) is 23.3 Å². The molecule has 0 fully saturated rings. The van der Waals surface area contributed by atoms with E-state index in [0.717, 1.165) is 22.9 Å². The lowest BCUT2D eigenvalue weighted by atomic mass is 9.81. The van der Waals surface area contributed by atoms with E-state index < -0.39 is 11.8 Å². The van der Waals surface area contributed by atoms with Crippen LogP contribution >= 0.6 is 11.8 Å². The highest BCUT2D eigenvalue weighted by molar-refractivity contribution is 8.17. The summed E-state index contributed by atoms with van der Waals surface area (Å²) in [5.74, 6) is -0.644. The van der Waals surface area contributed by atoms with Gasteiger partial charge in [-0.3, -0.25) is 5.41 Å². The number of ether oxygens (including phenoxy) is 1. The van der Waals surface area contributed by atoms with Crippen LogP contribution in [0.5, 0.6) is 5.75 Å². The van der Waals surface area contributed by atoms with Crippen LogP contribution in [-0.2, 0) is 6.61 Å². The quantitative estimate of drug-likeness (QED) is 0.860. The van der Waals surface area contributed by atoms with Gasteiger partial charge in [0.1, 0.15) is 18.3 Å². The van der Waals surface area contributed by atoms with Crippen molar-refractivity contribution >= 4 is 16.8 Å². The molecule has 1 aliphatic rings. The second-order valence-electron chi connectivity index (χ2n) is 5.79. The van der Waals surface area contributed by atoms with Gasteiger partial charge in [0.15, 0.2) is 0 Å². The Kier molecular flexibility index (Phi) is 5.26. The highest BCUT2D eigenvalue weighted by atomic mass is 32.2. The average Bonchev–Trinajstić information content (AvgIpc) is 2.67. The fourth-order valence-electron chi connectivity index (χ4n) is 2.86. The number of hydrogen-bond acceptors (Lipinski definition) is 6. The molecule has 0 radical (unpaired) electrons. The number of thioether (sulfide) groups is 1. The summed E-state index contributed by atoms with van der Waals surface area (Å²) in [7, 11) is 0. The summed E-state index contributed by atoms with van der Waals surface area (Å²) in [6.07, 6.45) is 0. The SMILES string of the molecule is N#CC1=C(N)SC(=N)[C@@H](C#N)[C@H]1c1cccc(OCc2ccccc2)c1. The summed E-state index contributed by atoms with van der Waals surface area (Å²) in [4.78, 5) is 0. The van der Waals surface area contributed by atoms with Crippen molar-refractivity contribution in [2.24, 2.45) is 11.7 Å². The summed E-state index contributed by atoms with van der Waals surface area (Å²) < 4.78 is 5.84. The van der Waals surface area contributed by atoms with Crippen LogP contribution in [0.4, 0.5) is 0 Å². The third-order valence-electron chi connectivity index (χ3n) is 4.14. The molecule has 128 valence electrons. The normalized spacial score (nSPS) is 19.5. The Bertz CT molecular complexity index is 940. The van der Waals surface area contributed by atoms with Crippen LogP contribution in [0.15, 0.2) is 65.2 Å². The van der Waals surface area contributed by atoms with Crippen molar-refractivity contribution in [2.75, 3.05) is 0 Å². The zero-order chi connectivity index (χ0) is 18.5. The molecule has 2 aromatic carbocycles. The molecule has 2 atom stereocenters. The zero-order valence-electron chi connectivity index (χ0n) is 13.8. The van der Waals surface area contributed by atoms with E-state index in [1.807, 2.05) is 54.6 Å². The minimum atomic E-state index is -0.730. The van der Waals surface area contributed by atoms with Gasteiger partial charge in [0.25, 0.3) is 0 Å². The summed E-state index contributed by atoms with van der Waals surface area (Å²) in [6.45, 7) is 0.422. The van der Waals surface area contributed by atoms with Crippen molar-refractivity contribution in [3.63, 3.8) is 0 Å². The number of nitriles is 2. The molecule has 0 unspecified atom stereocenters. The van der Waals surface area contributed by atoms with E-state index in [0.29, 0.717) is 17.9 Å². The third kappa shape index (κ3) is 3.56. The molecule has 5 nitrogen and oxygen atoms in total. The predicted octanol–water partition coefficient (Wildman–Crippen LogP) is 3.91. The van der Waals surface area contributed by atoms with Gasteiger partial charge in [0.05, 0.1) is 27.8 Å². The molecule has 1 aliphatic heterocycles. The predicted molar refractivity (Wildman–Crippen MR) is 101 cm³/mol. The maximum absolute atomic E-state index is 9.51. The third-order valence-corrected chi connectivity index (χ3v) is 5.05. The molecule has 0 bridgehead atoms. The van der Waals surface area contributed by atoms with E-state index >= 15 is 0 Å². The van der Waals surface area contributed by atoms with E-state index in [1.165, 1.54) is 0 Å². The summed E-state index contributed by atoms with van der Waals surface area (Å²) in [6, 6.07) is 21.3. The summed E-state index contributed by atoms with van der Waals surface area (Å²) in [5, 5.41) is 27.5. The second-order valence-corrected chi connectivity index (χ2v) is 6.87. The minimum absolute atomic E-state index is 0.157. The van der Waals surface area contributed by atoms with Gasteiger partial charge >= 0.3 is 0 Å². The van der Waals surface area contributed by atoms with Crippen molar-refractivity contribution in [3.05, 3.63) is 76.3 Å². The molecule has 26 heavy (non-hydrogen) atoms. The standard InChI is InChI=1S/C20H16N4OS/c21-10-16-18(17(11-22)20(24)26-19(16)23)14-7-4-8-15(9-14)25-12-13-5-2-1-3-6-13/h1-9,16,18,23H,12,24H2/t16-,18+/m0/s1. The van der Waals surface area contributed by atoms with Crippen LogP contribution in [0.25, 0.3) is 0 Å². The van der Waals surface area contributed by atoms with E-state index in [2.05, 4.69) is 12.1 Å². The van der Waals surface area contributed by atoms with E-state index in [4.69, 9.17) is 15.9 Å². The topological polar surface area (TPSA) is 107 Å². The van der Waals surface area contributed by atoms with E-state index in [-0.39, 0.29) is 10.1 Å². The maximum atomic E-state index is 9.51. The first-order valence-corrected chi connectivity index (χ1v) is 8.78. The van der Waals surface area contributed by atoms with Gasteiger partial charge in [0, 0.05) is 5.92 Å². The summed E-state index contributed by atoms with van der Waals surface area (Å²) >= 11 is 0.981. The van der Waals surface area contributed by atoms with Gasteiger partial charge in [0.2, 0.25) is 0 Å². The van der Waals surface area contributed by atoms with Crippen molar-refractivity contribution in [2.45, 2.75) is 12.5 Å². The fourth-order valence-corrected chi connectivity index (χ4v) is 3.70. The Labute approximate surface area is 156 Å². The fraction of sp³-hybridized carbons (Fsp3) is 0.150. The highest BCUT2D eigenvalue weighted by Crippen LogP contribution is 2.43. The Balaban J connectivity index is 1.90. The first-order valence-electron chi connectivity index (χ1n) is 7.96. The second kappa shape index (κ2) is 7.77. The molecular formula is C20H16N4OS. The van der Waals surface area contributed by atoms with Gasteiger partial charge in [-0.15, -0.1) is 0 Å².